The number of benzene rings is 1. The Kier molecular flexibility index (Phi) is 3.44. The van der Waals surface area contributed by atoms with Crippen LogP contribution in [0.5, 0.6) is 0 Å². The molecule has 1 aliphatic rings. The number of carbonyl (C=O) groups is 3. The van der Waals surface area contributed by atoms with Gasteiger partial charge < -0.3 is 10.4 Å². The predicted octanol–water partition coefficient (Wildman–Crippen LogP) is 1.24. The maximum Gasteiger partial charge on any atom is 0.322 e. The Morgan fingerprint density at radius 1 is 1.26 bits per heavy atom. The van der Waals surface area contributed by atoms with E-state index in [0.29, 0.717) is 10.6 Å². The van der Waals surface area contributed by atoms with E-state index in [1.54, 1.807) is 24.3 Å². The number of nitrogens with one attached hydrogen (secondary N) is 2. The van der Waals surface area contributed by atoms with E-state index in [0.717, 1.165) is 0 Å². The number of imide groups is 1. The molecule has 2 rings (SSSR count). The lowest BCUT2D eigenvalue weighted by Crippen LogP contribution is -2.44. The number of urea groups is 1. The number of carboxylic acids is 1. The van der Waals surface area contributed by atoms with E-state index in [2.05, 4.69) is 10.6 Å². The van der Waals surface area contributed by atoms with Crippen molar-refractivity contribution in [3.8, 4) is 0 Å². The standard InChI is InChI=1S/C12H11ClN2O4/c13-8-3-1-7(2-4-8)12(6-5-9(16)17)10(18)14-11(19)15-12/h1-4H,5-6H2,(H,16,17)(H2,14,15,18,19)/t12-/m1/s1. The van der Waals surface area contributed by atoms with Gasteiger partial charge >= 0.3 is 12.0 Å². The highest BCUT2D eigenvalue weighted by Crippen LogP contribution is 2.30. The molecule has 0 unspecified atom stereocenters. The Morgan fingerprint density at radius 3 is 2.37 bits per heavy atom. The normalized spacial score (nSPS) is 21.9. The third-order valence-electron chi connectivity index (χ3n) is 2.99. The third kappa shape index (κ3) is 2.53. The quantitative estimate of drug-likeness (QED) is 0.724. The molecular weight excluding hydrogens is 272 g/mol. The fraction of sp³-hybridized carbons (Fsp3) is 0.250. The SMILES string of the molecule is O=C(O)CC[C@]1(c2ccc(Cl)cc2)NC(=O)NC1=O. The minimum absolute atomic E-state index is 0.0263. The van der Waals surface area contributed by atoms with Gasteiger partial charge in [-0.2, -0.15) is 0 Å². The molecule has 0 bridgehead atoms. The first kappa shape index (κ1) is 13.4. The Hall–Kier alpha value is -2.08. The van der Waals surface area contributed by atoms with E-state index in [9.17, 15) is 14.4 Å². The van der Waals surface area contributed by atoms with Gasteiger partial charge in [0.1, 0.15) is 5.54 Å². The van der Waals surface area contributed by atoms with Crippen molar-refractivity contribution < 1.29 is 19.5 Å². The van der Waals surface area contributed by atoms with Gasteiger partial charge in [-0.25, -0.2) is 4.79 Å². The molecule has 0 radical (unpaired) electrons. The van der Waals surface area contributed by atoms with Crippen LogP contribution in [0.1, 0.15) is 18.4 Å². The van der Waals surface area contributed by atoms with Gasteiger partial charge in [0.15, 0.2) is 0 Å². The maximum atomic E-state index is 12.0. The number of carboxylic acid groups (broad SMARTS) is 1. The molecule has 3 N–H and O–H groups in total. The van der Waals surface area contributed by atoms with E-state index >= 15 is 0 Å². The molecule has 1 fully saturated rings. The zero-order chi connectivity index (χ0) is 14.0. The second kappa shape index (κ2) is 4.89. The smallest absolute Gasteiger partial charge is 0.322 e. The summed E-state index contributed by atoms with van der Waals surface area (Å²) < 4.78 is 0. The van der Waals surface area contributed by atoms with Crippen molar-refractivity contribution in [3.63, 3.8) is 0 Å². The Labute approximate surface area is 113 Å². The number of amides is 3. The highest BCUT2D eigenvalue weighted by molar-refractivity contribution is 6.30. The van der Waals surface area contributed by atoms with Crippen LogP contribution in [0.25, 0.3) is 0 Å². The number of rotatable bonds is 4. The molecule has 0 saturated carbocycles. The number of aliphatic carboxylic acids is 1. The van der Waals surface area contributed by atoms with Gasteiger partial charge in [-0.15, -0.1) is 0 Å². The fourth-order valence-electron chi connectivity index (χ4n) is 2.04. The van der Waals surface area contributed by atoms with Gasteiger partial charge in [0.2, 0.25) is 0 Å². The topological polar surface area (TPSA) is 95.5 Å². The number of halogens is 1. The summed E-state index contributed by atoms with van der Waals surface area (Å²) in [7, 11) is 0. The van der Waals surface area contributed by atoms with E-state index in [1.165, 1.54) is 0 Å². The summed E-state index contributed by atoms with van der Waals surface area (Å²) in [6.07, 6.45) is -0.266. The second-order valence-electron chi connectivity index (χ2n) is 4.21. The van der Waals surface area contributed by atoms with Crippen LogP contribution < -0.4 is 10.6 Å². The van der Waals surface area contributed by atoms with Crippen molar-refractivity contribution >= 4 is 29.5 Å². The lowest BCUT2D eigenvalue weighted by Gasteiger charge is -2.25. The van der Waals surface area contributed by atoms with Gasteiger partial charge in [0.05, 0.1) is 0 Å². The van der Waals surface area contributed by atoms with Crippen LogP contribution in [-0.2, 0) is 15.1 Å². The van der Waals surface area contributed by atoms with Crippen LogP contribution >= 0.6 is 11.6 Å². The van der Waals surface area contributed by atoms with E-state index in [1.807, 2.05) is 0 Å². The number of hydrogen-bond acceptors (Lipinski definition) is 3. The molecule has 0 aliphatic carbocycles. The molecule has 0 spiro atoms. The van der Waals surface area contributed by atoms with Gasteiger partial charge in [-0.05, 0) is 24.1 Å². The molecule has 1 atom stereocenters. The van der Waals surface area contributed by atoms with Gasteiger partial charge in [0, 0.05) is 11.4 Å². The minimum atomic E-state index is -1.35. The predicted molar refractivity (Wildman–Crippen MR) is 66.7 cm³/mol. The van der Waals surface area contributed by atoms with Crippen LogP contribution in [0.4, 0.5) is 4.79 Å². The molecule has 3 amide bonds. The molecule has 1 heterocycles. The summed E-state index contributed by atoms with van der Waals surface area (Å²) in [5.41, 5.74) is -0.846. The highest BCUT2D eigenvalue weighted by atomic mass is 35.5. The summed E-state index contributed by atoms with van der Waals surface area (Å²) in [5, 5.41) is 13.9. The Morgan fingerprint density at radius 2 is 1.89 bits per heavy atom. The molecule has 100 valence electrons. The molecule has 1 aromatic carbocycles. The van der Waals surface area contributed by atoms with Crippen LogP contribution in [0.2, 0.25) is 5.02 Å². The first-order valence-corrected chi connectivity index (χ1v) is 5.93. The second-order valence-corrected chi connectivity index (χ2v) is 4.65. The molecule has 7 heteroatoms. The maximum absolute atomic E-state index is 12.0. The monoisotopic (exact) mass is 282 g/mol. The van der Waals surface area contributed by atoms with Crippen LogP contribution in [0.15, 0.2) is 24.3 Å². The average molecular weight is 283 g/mol. The van der Waals surface area contributed by atoms with Gasteiger partial charge in [-0.3, -0.25) is 14.9 Å². The molecule has 0 aromatic heterocycles. The fourth-order valence-corrected chi connectivity index (χ4v) is 2.17. The van der Waals surface area contributed by atoms with E-state index in [-0.39, 0.29) is 12.8 Å². The van der Waals surface area contributed by atoms with Gasteiger partial charge in [0.25, 0.3) is 5.91 Å². The molecule has 6 nitrogen and oxygen atoms in total. The van der Waals surface area contributed by atoms with E-state index < -0.39 is 23.4 Å². The van der Waals surface area contributed by atoms with Crippen molar-refractivity contribution in [3.05, 3.63) is 34.9 Å². The van der Waals surface area contributed by atoms with Crippen molar-refractivity contribution in [2.24, 2.45) is 0 Å². The summed E-state index contributed by atoms with van der Waals surface area (Å²) in [6, 6.07) is 5.71. The third-order valence-corrected chi connectivity index (χ3v) is 3.24. The number of hydrogen-bond donors (Lipinski definition) is 3. The molecule has 1 aliphatic heterocycles. The lowest BCUT2D eigenvalue weighted by molar-refractivity contribution is -0.137. The summed E-state index contributed by atoms with van der Waals surface area (Å²) in [6.45, 7) is 0. The summed E-state index contributed by atoms with van der Waals surface area (Å²) in [4.78, 5) is 34.0. The zero-order valence-corrected chi connectivity index (χ0v) is 10.5. The van der Waals surface area contributed by atoms with Crippen molar-refractivity contribution in [2.45, 2.75) is 18.4 Å². The van der Waals surface area contributed by atoms with Crippen molar-refractivity contribution in [1.29, 1.82) is 0 Å². The largest absolute Gasteiger partial charge is 0.481 e. The van der Waals surface area contributed by atoms with Crippen LogP contribution in [0, 0.1) is 0 Å². The lowest BCUT2D eigenvalue weighted by atomic mass is 9.85. The summed E-state index contributed by atoms with van der Waals surface area (Å²) >= 11 is 5.77. The zero-order valence-electron chi connectivity index (χ0n) is 9.77. The Balaban J connectivity index is 2.39. The number of carbonyl (C=O) groups excluding carboxylic acids is 2. The Bertz CT molecular complexity index is 543. The van der Waals surface area contributed by atoms with Crippen LogP contribution in [-0.4, -0.2) is 23.0 Å². The average Bonchev–Trinajstić information content (AvgIpc) is 2.63. The molecule has 1 saturated heterocycles. The first-order valence-electron chi connectivity index (χ1n) is 5.55. The van der Waals surface area contributed by atoms with Crippen molar-refractivity contribution in [2.75, 3.05) is 0 Å². The van der Waals surface area contributed by atoms with Crippen molar-refractivity contribution in [1.82, 2.24) is 10.6 Å². The first-order chi connectivity index (χ1) is 8.94. The summed E-state index contributed by atoms with van der Waals surface area (Å²) in [5.74, 6) is -1.59. The van der Waals surface area contributed by atoms with Crippen LogP contribution in [0.3, 0.4) is 0 Å². The molecule has 1 aromatic rings. The van der Waals surface area contributed by atoms with Gasteiger partial charge in [-0.1, -0.05) is 23.7 Å². The molecular formula is C12H11ClN2O4. The van der Waals surface area contributed by atoms with E-state index in [4.69, 9.17) is 16.7 Å². The highest BCUT2D eigenvalue weighted by Gasteiger charge is 2.47. The minimum Gasteiger partial charge on any atom is -0.481 e. The molecule has 19 heavy (non-hydrogen) atoms.